The van der Waals surface area contributed by atoms with Gasteiger partial charge in [0.2, 0.25) is 0 Å². The maximum atomic E-state index is 13.9. The third-order valence-electron chi connectivity index (χ3n) is 7.56. The van der Waals surface area contributed by atoms with E-state index in [0.717, 1.165) is 77.4 Å². The van der Waals surface area contributed by atoms with E-state index >= 15 is 0 Å². The zero-order valence-corrected chi connectivity index (χ0v) is 21.2. The van der Waals surface area contributed by atoms with E-state index < -0.39 is 0 Å². The van der Waals surface area contributed by atoms with E-state index in [-0.39, 0.29) is 11.9 Å². The minimum absolute atomic E-state index is 0.0171. The first-order chi connectivity index (χ1) is 17.1. The third kappa shape index (κ3) is 4.17. The molecule has 0 radical (unpaired) electrons. The molecule has 4 nitrogen and oxygen atoms in total. The summed E-state index contributed by atoms with van der Waals surface area (Å²) in [5.41, 5.74) is 7.43. The number of rotatable bonds is 4. The minimum atomic E-state index is 0.0171. The molecular weight excluding hydrogens is 477 g/mol. The molecule has 0 unspecified atom stereocenters. The number of aromatic nitrogens is 2. The zero-order valence-electron chi connectivity index (χ0n) is 19.7. The van der Waals surface area contributed by atoms with Crippen LogP contribution in [0, 0.1) is 0 Å². The van der Waals surface area contributed by atoms with Gasteiger partial charge in [-0.15, -0.1) is 0 Å². The average molecular weight is 506 g/mol. The van der Waals surface area contributed by atoms with E-state index in [1.54, 1.807) is 0 Å². The van der Waals surface area contributed by atoms with Gasteiger partial charge in [-0.3, -0.25) is 9.20 Å². The topological polar surface area (TPSA) is 38.4 Å². The number of nitrogens with one attached hydrogen (secondary N) is 1. The number of nitrogens with zero attached hydrogens (tertiary/aromatic N) is 2. The molecule has 0 bridgehead atoms. The van der Waals surface area contributed by atoms with Crippen LogP contribution in [0.15, 0.2) is 54.7 Å². The van der Waals surface area contributed by atoms with Gasteiger partial charge in [0.15, 0.2) is 0 Å². The van der Waals surface area contributed by atoms with E-state index in [4.69, 9.17) is 23.2 Å². The number of amides is 1. The lowest BCUT2D eigenvalue weighted by Crippen LogP contribution is -2.37. The van der Waals surface area contributed by atoms with Crippen molar-refractivity contribution in [2.45, 2.75) is 64.0 Å². The van der Waals surface area contributed by atoms with Gasteiger partial charge in [-0.25, -0.2) is 0 Å². The number of hydrogen-bond acceptors (Lipinski definition) is 1. The lowest BCUT2D eigenvalue weighted by Gasteiger charge is -2.23. The second kappa shape index (κ2) is 9.40. The Hall–Kier alpha value is -2.69. The van der Waals surface area contributed by atoms with Gasteiger partial charge in [0, 0.05) is 40.0 Å². The summed E-state index contributed by atoms with van der Waals surface area (Å²) >= 11 is 12.4. The van der Waals surface area contributed by atoms with E-state index in [0.29, 0.717) is 5.02 Å². The van der Waals surface area contributed by atoms with Gasteiger partial charge < -0.3 is 9.88 Å². The molecule has 2 aromatic carbocycles. The van der Waals surface area contributed by atoms with Gasteiger partial charge in [-0.05, 0) is 67.5 Å². The molecule has 35 heavy (non-hydrogen) atoms. The molecule has 0 saturated heterocycles. The maximum absolute atomic E-state index is 13.9. The Morgan fingerprint density at radius 2 is 1.49 bits per heavy atom. The first-order valence-corrected chi connectivity index (χ1v) is 13.4. The van der Waals surface area contributed by atoms with E-state index in [1.807, 2.05) is 36.4 Å². The summed E-state index contributed by atoms with van der Waals surface area (Å²) in [6.07, 6.45) is 11.0. The molecule has 1 aliphatic heterocycles. The third-order valence-corrected chi connectivity index (χ3v) is 8.07. The number of carbonyl (C=O) groups is 1. The van der Waals surface area contributed by atoms with Gasteiger partial charge in [0.25, 0.3) is 5.91 Å². The predicted octanol–water partition coefficient (Wildman–Crippen LogP) is 7.78. The molecule has 1 saturated carbocycles. The SMILES string of the molecule is O=C(NC1CCCCC1)c1c(-c2ccc(Cl)cc2)c2c3n(c(-c4ccc(Cl)cc4)cn13)CCCC2. The average Bonchev–Trinajstić information content (AvgIpc) is 3.28. The van der Waals surface area contributed by atoms with Gasteiger partial charge >= 0.3 is 0 Å². The van der Waals surface area contributed by atoms with Crippen molar-refractivity contribution in [3.63, 3.8) is 0 Å². The summed E-state index contributed by atoms with van der Waals surface area (Å²) in [6, 6.07) is 16.1. The van der Waals surface area contributed by atoms with Crippen LogP contribution in [-0.2, 0) is 13.0 Å². The van der Waals surface area contributed by atoms with Crippen LogP contribution in [0.3, 0.4) is 0 Å². The largest absolute Gasteiger partial charge is 0.348 e. The zero-order chi connectivity index (χ0) is 23.9. The molecule has 180 valence electrons. The molecular formula is C29H29Cl2N3O. The van der Waals surface area contributed by atoms with Crippen LogP contribution in [0.2, 0.25) is 10.0 Å². The van der Waals surface area contributed by atoms with Crippen LogP contribution in [0.4, 0.5) is 0 Å². The van der Waals surface area contributed by atoms with Crippen LogP contribution in [0.25, 0.3) is 28.0 Å². The van der Waals surface area contributed by atoms with Crippen molar-refractivity contribution >= 4 is 34.8 Å². The van der Waals surface area contributed by atoms with Crippen LogP contribution >= 0.6 is 23.2 Å². The number of imidazole rings is 1. The van der Waals surface area contributed by atoms with Gasteiger partial charge in [-0.1, -0.05) is 66.7 Å². The Morgan fingerprint density at radius 1 is 0.829 bits per heavy atom. The highest BCUT2D eigenvalue weighted by molar-refractivity contribution is 6.31. The van der Waals surface area contributed by atoms with E-state index in [1.165, 1.54) is 24.8 Å². The summed E-state index contributed by atoms with van der Waals surface area (Å²) in [7, 11) is 0. The number of aryl methyl sites for hydroxylation is 2. The van der Waals surface area contributed by atoms with E-state index in [9.17, 15) is 4.79 Å². The molecule has 1 aliphatic carbocycles. The van der Waals surface area contributed by atoms with Crippen molar-refractivity contribution < 1.29 is 4.79 Å². The number of hydrogen-bond donors (Lipinski definition) is 1. The molecule has 0 atom stereocenters. The molecule has 3 heterocycles. The summed E-state index contributed by atoms with van der Waals surface area (Å²) in [5.74, 6) is 0.0171. The normalized spacial score (nSPS) is 16.4. The Bertz CT molecular complexity index is 1380. The second-order valence-electron chi connectivity index (χ2n) is 9.84. The Labute approximate surface area is 215 Å². The Kier molecular flexibility index (Phi) is 6.11. The quantitative estimate of drug-likeness (QED) is 0.302. The van der Waals surface area contributed by atoms with Gasteiger partial charge in [-0.2, -0.15) is 0 Å². The molecule has 2 aliphatic rings. The molecule has 0 spiro atoms. The molecule has 4 aromatic rings. The fourth-order valence-electron chi connectivity index (χ4n) is 5.89. The van der Waals surface area contributed by atoms with Gasteiger partial charge in [0.1, 0.15) is 11.3 Å². The van der Waals surface area contributed by atoms with E-state index in [2.05, 4.69) is 32.6 Å². The molecule has 2 aromatic heterocycles. The molecule has 1 N–H and O–H groups in total. The molecule has 1 amide bonds. The molecule has 6 heteroatoms. The van der Waals surface area contributed by atoms with Crippen LogP contribution in [0.1, 0.15) is 61.0 Å². The minimum Gasteiger partial charge on any atom is -0.348 e. The maximum Gasteiger partial charge on any atom is 0.269 e. The van der Waals surface area contributed by atoms with Crippen molar-refractivity contribution in [1.82, 2.24) is 14.3 Å². The fraction of sp³-hybridized carbons (Fsp3) is 0.345. The van der Waals surface area contributed by atoms with Crippen LogP contribution in [-0.4, -0.2) is 20.9 Å². The fourth-order valence-corrected chi connectivity index (χ4v) is 6.14. The second-order valence-corrected chi connectivity index (χ2v) is 10.7. The summed E-state index contributed by atoms with van der Waals surface area (Å²) in [6.45, 7) is 0.926. The molecule has 6 rings (SSSR count). The van der Waals surface area contributed by atoms with Crippen molar-refractivity contribution in [1.29, 1.82) is 0 Å². The highest BCUT2D eigenvalue weighted by Crippen LogP contribution is 2.40. The van der Waals surface area contributed by atoms with Crippen molar-refractivity contribution in [2.75, 3.05) is 0 Å². The lowest BCUT2D eigenvalue weighted by atomic mass is 9.94. The Morgan fingerprint density at radius 3 is 2.17 bits per heavy atom. The number of halogens is 2. The Balaban J connectivity index is 1.57. The number of benzene rings is 2. The van der Waals surface area contributed by atoms with Gasteiger partial charge in [0.05, 0.1) is 5.69 Å². The van der Waals surface area contributed by atoms with Crippen LogP contribution < -0.4 is 5.32 Å². The van der Waals surface area contributed by atoms with Crippen molar-refractivity contribution in [2.24, 2.45) is 0 Å². The summed E-state index contributed by atoms with van der Waals surface area (Å²) in [4.78, 5) is 13.9. The van der Waals surface area contributed by atoms with Crippen molar-refractivity contribution in [3.05, 3.63) is 76.0 Å². The monoisotopic (exact) mass is 505 g/mol. The lowest BCUT2D eigenvalue weighted by molar-refractivity contribution is 0.0922. The highest BCUT2D eigenvalue weighted by Gasteiger charge is 2.30. The highest BCUT2D eigenvalue weighted by atomic mass is 35.5. The predicted molar refractivity (Wildman–Crippen MR) is 144 cm³/mol. The number of carbonyl (C=O) groups excluding carboxylic acids is 1. The molecule has 1 fully saturated rings. The van der Waals surface area contributed by atoms with Crippen molar-refractivity contribution in [3.8, 4) is 22.4 Å². The first kappa shape index (κ1) is 22.8. The summed E-state index contributed by atoms with van der Waals surface area (Å²) in [5, 5.41) is 4.81. The standard InChI is InChI=1S/C29H29Cl2N3O/c30-21-13-9-19(10-14-21)25-18-34-27(28(35)32-23-6-2-1-3-7-23)26(20-11-15-22(31)16-12-20)24-8-4-5-17-33(25)29(24)34/h9-16,18,23H,1-8,17H2,(H,32,35). The van der Waals surface area contributed by atoms with Crippen LogP contribution in [0.5, 0.6) is 0 Å². The summed E-state index contributed by atoms with van der Waals surface area (Å²) < 4.78 is 4.54. The first-order valence-electron chi connectivity index (χ1n) is 12.7. The smallest absolute Gasteiger partial charge is 0.269 e.